The minimum absolute atomic E-state index is 0.0528. The zero-order chi connectivity index (χ0) is 14.6. The summed E-state index contributed by atoms with van der Waals surface area (Å²) in [7, 11) is 0. The lowest BCUT2D eigenvalue weighted by Gasteiger charge is -2.18. The van der Waals surface area contributed by atoms with Gasteiger partial charge in [-0.15, -0.1) is 0 Å². The molecule has 0 bridgehead atoms. The van der Waals surface area contributed by atoms with Gasteiger partial charge in [-0.3, -0.25) is 4.79 Å². The summed E-state index contributed by atoms with van der Waals surface area (Å²) in [5.41, 5.74) is 6.22. The molecule has 1 aromatic rings. The smallest absolute Gasteiger partial charge is 0.335 e. The summed E-state index contributed by atoms with van der Waals surface area (Å²) in [6, 6.07) is 3.49. The molecule has 0 aliphatic heterocycles. The Morgan fingerprint density at radius 2 is 2.11 bits per heavy atom. The van der Waals surface area contributed by atoms with E-state index < -0.39 is 12.0 Å². The summed E-state index contributed by atoms with van der Waals surface area (Å²) in [4.78, 5) is 22.6. The van der Waals surface area contributed by atoms with Crippen LogP contribution in [0.25, 0.3) is 0 Å². The number of hydrogen-bond donors (Lipinski definition) is 3. The first-order valence-corrected chi connectivity index (χ1v) is 6.33. The molecule has 0 spiro atoms. The molecule has 6 heteroatoms. The standard InChI is InChI=1S/C13H17ClN2O3/c1-3-7(2)11(15)12(17)16-10-5-4-8(13(18)19)6-9(10)14/h4-7,11H,3,15H2,1-2H3,(H,16,17)(H,18,19)/t7?,11-/m0/s1. The van der Waals surface area contributed by atoms with E-state index in [9.17, 15) is 9.59 Å². The van der Waals surface area contributed by atoms with Crippen molar-refractivity contribution in [3.8, 4) is 0 Å². The van der Waals surface area contributed by atoms with Crippen molar-refractivity contribution in [2.45, 2.75) is 26.3 Å². The van der Waals surface area contributed by atoms with Gasteiger partial charge in [-0.25, -0.2) is 4.79 Å². The highest BCUT2D eigenvalue weighted by Crippen LogP contribution is 2.23. The fourth-order valence-electron chi connectivity index (χ4n) is 1.48. The van der Waals surface area contributed by atoms with Crippen molar-refractivity contribution in [2.75, 3.05) is 5.32 Å². The Morgan fingerprint density at radius 1 is 1.47 bits per heavy atom. The Balaban J connectivity index is 2.83. The maximum Gasteiger partial charge on any atom is 0.335 e. The van der Waals surface area contributed by atoms with Crippen molar-refractivity contribution >= 4 is 29.2 Å². The second-order valence-electron chi connectivity index (χ2n) is 4.40. The highest BCUT2D eigenvalue weighted by atomic mass is 35.5. The molecular formula is C13H17ClN2O3. The van der Waals surface area contributed by atoms with Crippen LogP contribution >= 0.6 is 11.6 Å². The van der Waals surface area contributed by atoms with Gasteiger partial charge in [-0.2, -0.15) is 0 Å². The van der Waals surface area contributed by atoms with Gasteiger partial charge in [0.2, 0.25) is 5.91 Å². The summed E-state index contributed by atoms with van der Waals surface area (Å²) >= 11 is 5.92. The second kappa shape index (κ2) is 6.54. The number of nitrogens with two attached hydrogens (primary N) is 1. The topological polar surface area (TPSA) is 92.4 Å². The van der Waals surface area contributed by atoms with E-state index in [1.807, 2.05) is 13.8 Å². The molecule has 0 fully saturated rings. The molecule has 1 aromatic carbocycles. The van der Waals surface area contributed by atoms with Crippen LogP contribution in [0.3, 0.4) is 0 Å². The molecule has 19 heavy (non-hydrogen) atoms. The molecule has 1 amide bonds. The number of rotatable bonds is 5. The average molecular weight is 285 g/mol. The number of aromatic carboxylic acids is 1. The maximum absolute atomic E-state index is 11.9. The van der Waals surface area contributed by atoms with E-state index in [4.69, 9.17) is 22.4 Å². The Hall–Kier alpha value is -1.59. The van der Waals surface area contributed by atoms with E-state index in [-0.39, 0.29) is 22.4 Å². The number of carboxylic acid groups (broad SMARTS) is 1. The minimum atomic E-state index is -1.07. The SMILES string of the molecule is CCC(C)[C@H](N)C(=O)Nc1ccc(C(=O)O)cc1Cl. The van der Waals surface area contributed by atoms with Gasteiger partial charge in [-0.1, -0.05) is 31.9 Å². The third-order valence-corrected chi connectivity index (χ3v) is 3.35. The summed E-state index contributed by atoms with van der Waals surface area (Å²) < 4.78 is 0. The predicted molar refractivity (Wildman–Crippen MR) is 74.5 cm³/mol. The van der Waals surface area contributed by atoms with Crippen molar-refractivity contribution in [1.82, 2.24) is 0 Å². The Kier molecular flexibility index (Phi) is 5.32. The number of amides is 1. The Bertz CT molecular complexity index is 491. The quantitative estimate of drug-likeness (QED) is 0.774. The van der Waals surface area contributed by atoms with Crippen molar-refractivity contribution < 1.29 is 14.7 Å². The molecule has 0 aromatic heterocycles. The molecule has 5 nitrogen and oxygen atoms in total. The van der Waals surface area contributed by atoms with Gasteiger partial charge >= 0.3 is 5.97 Å². The molecule has 0 radical (unpaired) electrons. The third-order valence-electron chi connectivity index (χ3n) is 3.03. The number of benzene rings is 1. The lowest BCUT2D eigenvalue weighted by Crippen LogP contribution is -2.40. The van der Waals surface area contributed by atoms with E-state index >= 15 is 0 Å². The van der Waals surface area contributed by atoms with Crippen LogP contribution in [0.2, 0.25) is 5.02 Å². The number of hydrogen-bond acceptors (Lipinski definition) is 3. The summed E-state index contributed by atoms with van der Waals surface area (Å²) in [5.74, 6) is -1.35. The lowest BCUT2D eigenvalue weighted by atomic mass is 9.99. The molecule has 0 saturated heterocycles. The molecular weight excluding hydrogens is 268 g/mol. The van der Waals surface area contributed by atoms with E-state index in [1.165, 1.54) is 18.2 Å². The highest BCUT2D eigenvalue weighted by Gasteiger charge is 2.20. The summed E-state index contributed by atoms with van der Waals surface area (Å²) in [6.45, 7) is 3.84. The van der Waals surface area contributed by atoms with Crippen LogP contribution in [-0.2, 0) is 4.79 Å². The van der Waals surface area contributed by atoms with Crippen LogP contribution in [-0.4, -0.2) is 23.0 Å². The first-order valence-electron chi connectivity index (χ1n) is 5.96. The minimum Gasteiger partial charge on any atom is -0.478 e. The normalized spacial score (nSPS) is 13.7. The van der Waals surface area contributed by atoms with E-state index in [2.05, 4.69) is 5.32 Å². The fraction of sp³-hybridized carbons (Fsp3) is 0.385. The number of halogens is 1. The Labute approximate surface area is 116 Å². The number of nitrogens with one attached hydrogen (secondary N) is 1. The van der Waals surface area contributed by atoms with E-state index in [0.29, 0.717) is 5.69 Å². The van der Waals surface area contributed by atoms with Crippen molar-refractivity contribution in [3.63, 3.8) is 0 Å². The molecule has 1 rings (SSSR count). The van der Waals surface area contributed by atoms with Gasteiger partial charge in [-0.05, 0) is 24.1 Å². The van der Waals surface area contributed by atoms with Crippen molar-refractivity contribution in [3.05, 3.63) is 28.8 Å². The largest absolute Gasteiger partial charge is 0.478 e. The van der Waals surface area contributed by atoms with Gasteiger partial charge in [0.05, 0.1) is 22.3 Å². The van der Waals surface area contributed by atoms with Crippen LogP contribution < -0.4 is 11.1 Å². The fourth-order valence-corrected chi connectivity index (χ4v) is 1.71. The second-order valence-corrected chi connectivity index (χ2v) is 4.81. The van der Waals surface area contributed by atoms with Gasteiger partial charge in [0.25, 0.3) is 0 Å². The van der Waals surface area contributed by atoms with Crippen LogP contribution in [0.5, 0.6) is 0 Å². The van der Waals surface area contributed by atoms with E-state index in [0.717, 1.165) is 6.42 Å². The van der Waals surface area contributed by atoms with Gasteiger partial charge in [0.1, 0.15) is 0 Å². The van der Waals surface area contributed by atoms with Crippen LogP contribution in [0.1, 0.15) is 30.6 Å². The Morgan fingerprint density at radius 3 is 2.58 bits per heavy atom. The molecule has 0 heterocycles. The first-order chi connectivity index (χ1) is 8.86. The monoisotopic (exact) mass is 284 g/mol. The highest BCUT2D eigenvalue weighted by molar-refractivity contribution is 6.34. The van der Waals surface area contributed by atoms with Gasteiger partial charge in [0, 0.05) is 0 Å². The summed E-state index contributed by atoms with van der Waals surface area (Å²) in [6.07, 6.45) is 0.792. The number of carbonyl (C=O) groups is 2. The van der Waals surface area contributed by atoms with Gasteiger partial charge < -0.3 is 16.2 Å². The average Bonchev–Trinajstić information content (AvgIpc) is 2.38. The molecule has 0 aliphatic carbocycles. The zero-order valence-electron chi connectivity index (χ0n) is 10.8. The van der Waals surface area contributed by atoms with Crippen LogP contribution in [0.4, 0.5) is 5.69 Å². The van der Waals surface area contributed by atoms with Crippen molar-refractivity contribution in [2.24, 2.45) is 11.7 Å². The van der Waals surface area contributed by atoms with Gasteiger partial charge in [0.15, 0.2) is 0 Å². The predicted octanol–water partition coefficient (Wildman–Crippen LogP) is 2.35. The van der Waals surface area contributed by atoms with E-state index in [1.54, 1.807) is 0 Å². The molecule has 104 valence electrons. The number of carbonyl (C=O) groups excluding carboxylic acids is 1. The van der Waals surface area contributed by atoms with Crippen molar-refractivity contribution in [1.29, 1.82) is 0 Å². The molecule has 1 unspecified atom stereocenters. The van der Waals surface area contributed by atoms with Crippen LogP contribution in [0, 0.1) is 5.92 Å². The molecule has 4 N–H and O–H groups in total. The maximum atomic E-state index is 11.9. The molecule has 0 aliphatic rings. The lowest BCUT2D eigenvalue weighted by molar-refractivity contribution is -0.118. The molecule has 0 saturated carbocycles. The number of anilines is 1. The third kappa shape index (κ3) is 3.94. The summed E-state index contributed by atoms with van der Waals surface area (Å²) in [5, 5.41) is 11.6. The zero-order valence-corrected chi connectivity index (χ0v) is 11.6. The molecule has 2 atom stereocenters. The first kappa shape index (κ1) is 15.5. The van der Waals surface area contributed by atoms with Crippen LogP contribution in [0.15, 0.2) is 18.2 Å². The number of carboxylic acids is 1.